The Labute approximate surface area is 191 Å². The van der Waals surface area contributed by atoms with Crippen LogP contribution in [0.1, 0.15) is 30.3 Å². The molecule has 1 N–H and O–H groups in total. The Balaban J connectivity index is 1.65. The molecule has 2 heterocycles. The van der Waals surface area contributed by atoms with E-state index in [1.54, 1.807) is 28.5 Å². The average Bonchev–Trinajstić information content (AvgIpc) is 3.14. The molecule has 2 aromatic heterocycles. The maximum atomic E-state index is 13.2. The number of carbonyl (C=O) groups excluding carboxylic acids is 1. The lowest BCUT2D eigenvalue weighted by Gasteiger charge is -2.12. The number of carbonyl (C=O) groups is 1. The Morgan fingerprint density at radius 2 is 1.82 bits per heavy atom. The van der Waals surface area contributed by atoms with Crippen molar-refractivity contribution in [2.24, 2.45) is 0 Å². The zero-order valence-corrected chi connectivity index (χ0v) is 19.3. The number of benzene rings is 2. The van der Waals surface area contributed by atoms with Gasteiger partial charge in [-0.25, -0.2) is 9.67 Å². The van der Waals surface area contributed by atoms with Crippen molar-refractivity contribution in [2.75, 3.05) is 12.4 Å². The van der Waals surface area contributed by atoms with E-state index in [-0.39, 0.29) is 24.3 Å². The number of aryl methyl sites for hydroxylation is 4. The number of para-hydroxylation sites is 2. The van der Waals surface area contributed by atoms with Crippen molar-refractivity contribution in [1.29, 1.82) is 0 Å². The lowest BCUT2D eigenvalue weighted by Crippen LogP contribution is -2.27. The highest BCUT2D eigenvalue weighted by Gasteiger charge is 2.19. The summed E-state index contributed by atoms with van der Waals surface area (Å²) in [4.78, 5) is 30.4. The molecule has 0 bridgehead atoms. The third-order valence-electron chi connectivity index (χ3n) is 5.56. The molecule has 4 aromatic rings. The number of nitrogens with zero attached hydrogens (tertiary/aromatic N) is 4. The predicted molar refractivity (Wildman–Crippen MR) is 128 cm³/mol. The van der Waals surface area contributed by atoms with Gasteiger partial charge in [-0.15, -0.1) is 0 Å². The number of rotatable bonds is 7. The normalized spacial score (nSPS) is 11.0. The number of nitrogens with one attached hydrogen (secondary N) is 1. The highest BCUT2D eigenvalue weighted by atomic mass is 16.5. The summed E-state index contributed by atoms with van der Waals surface area (Å²) < 4.78 is 8.72. The quantitative estimate of drug-likeness (QED) is 0.467. The molecule has 0 radical (unpaired) electrons. The third-order valence-corrected chi connectivity index (χ3v) is 5.56. The van der Waals surface area contributed by atoms with Crippen molar-refractivity contribution in [2.45, 2.75) is 40.2 Å². The third kappa shape index (κ3) is 4.37. The number of amides is 1. The molecular weight excluding hydrogens is 418 g/mol. The molecule has 33 heavy (non-hydrogen) atoms. The van der Waals surface area contributed by atoms with Crippen LogP contribution >= 0.6 is 0 Å². The van der Waals surface area contributed by atoms with Gasteiger partial charge in [-0.1, -0.05) is 29.8 Å². The summed E-state index contributed by atoms with van der Waals surface area (Å²) in [5.41, 5.74) is 4.80. The van der Waals surface area contributed by atoms with Crippen molar-refractivity contribution in [3.63, 3.8) is 0 Å². The number of ether oxygens (including phenoxy) is 1. The Hall–Kier alpha value is -3.94. The van der Waals surface area contributed by atoms with Gasteiger partial charge >= 0.3 is 0 Å². The van der Waals surface area contributed by atoms with Crippen molar-refractivity contribution in [3.05, 3.63) is 75.8 Å². The summed E-state index contributed by atoms with van der Waals surface area (Å²) in [5, 5.41) is 7.49. The molecule has 0 saturated carbocycles. The Bertz CT molecular complexity index is 1370. The van der Waals surface area contributed by atoms with Crippen LogP contribution in [-0.4, -0.2) is 32.3 Å². The molecule has 1 amide bonds. The van der Waals surface area contributed by atoms with Gasteiger partial charge in [0.1, 0.15) is 17.0 Å². The minimum absolute atomic E-state index is 0.126. The van der Waals surface area contributed by atoms with Crippen molar-refractivity contribution < 1.29 is 9.53 Å². The van der Waals surface area contributed by atoms with E-state index >= 15 is 0 Å². The summed E-state index contributed by atoms with van der Waals surface area (Å²) in [6.07, 6.45) is 0.353. The second-order valence-electron chi connectivity index (χ2n) is 7.86. The smallest absolute Gasteiger partial charge is 0.273 e. The molecule has 8 heteroatoms. The van der Waals surface area contributed by atoms with E-state index in [4.69, 9.17) is 4.74 Å². The van der Waals surface area contributed by atoms with E-state index in [2.05, 4.69) is 15.4 Å². The monoisotopic (exact) mass is 445 g/mol. The van der Waals surface area contributed by atoms with Gasteiger partial charge in [-0.3, -0.25) is 14.2 Å². The highest BCUT2D eigenvalue weighted by molar-refractivity contribution is 5.92. The molecule has 0 unspecified atom stereocenters. The minimum atomic E-state index is -0.212. The van der Waals surface area contributed by atoms with Gasteiger partial charge in [0.05, 0.1) is 24.2 Å². The van der Waals surface area contributed by atoms with Crippen molar-refractivity contribution in [3.8, 4) is 11.4 Å². The van der Waals surface area contributed by atoms with Gasteiger partial charge in [0.15, 0.2) is 5.65 Å². The van der Waals surface area contributed by atoms with Crippen LogP contribution in [0.5, 0.6) is 5.75 Å². The lowest BCUT2D eigenvalue weighted by atomic mass is 10.2. The second-order valence-corrected chi connectivity index (χ2v) is 7.86. The van der Waals surface area contributed by atoms with E-state index in [1.165, 1.54) is 0 Å². The molecule has 0 saturated heterocycles. The molecule has 8 nitrogen and oxygen atoms in total. The Morgan fingerprint density at radius 1 is 1.09 bits per heavy atom. The zero-order chi connectivity index (χ0) is 23.5. The van der Waals surface area contributed by atoms with Gasteiger partial charge in [-0.05, 0) is 45.0 Å². The van der Waals surface area contributed by atoms with Crippen LogP contribution in [0.25, 0.3) is 16.9 Å². The van der Waals surface area contributed by atoms with Crippen LogP contribution in [-0.2, 0) is 17.8 Å². The van der Waals surface area contributed by atoms with E-state index in [9.17, 15) is 9.59 Å². The van der Waals surface area contributed by atoms with Crippen LogP contribution in [0.4, 0.5) is 5.69 Å². The topological polar surface area (TPSA) is 91.0 Å². The van der Waals surface area contributed by atoms with Gasteiger partial charge < -0.3 is 10.1 Å². The first-order valence-corrected chi connectivity index (χ1v) is 10.9. The Kier molecular flexibility index (Phi) is 6.26. The molecule has 0 atom stereocenters. The Morgan fingerprint density at radius 3 is 2.52 bits per heavy atom. The molecule has 0 aliphatic heterocycles. The predicted octanol–water partition coefficient (Wildman–Crippen LogP) is 3.80. The standard InChI is InChI=1S/C25H27N5O3/c1-5-29-24-23(17(3)28-30(24)18-12-10-16(2)11-13-18)27-20(25(29)32)14-15-22(31)26-19-8-6-7-9-21(19)33-4/h6-13H,5,14-15H2,1-4H3,(H,26,31). The lowest BCUT2D eigenvalue weighted by molar-refractivity contribution is -0.116. The number of aromatic nitrogens is 4. The van der Waals surface area contributed by atoms with Crippen LogP contribution in [0.2, 0.25) is 0 Å². The van der Waals surface area contributed by atoms with Crippen molar-refractivity contribution >= 4 is 22.8 Å². The van der Waals surface area contributed by atoms with E-state index in [1.807, 2.05) is 57.2 Å². The molecule has 0 fully saturated rings. The average molecular weight is 446 g/mol. The number of hydrogen-bond donors (Lipinski definition) is 1. The summed E-state index contributed by atoms with van der Waals surface area (Å²) >= 11 is 0. The first kappa shape index (κ1) is 22.3. The van der Waals surface area contributed by atoms with Gasteiger partial charge in [0, 0.05) is 19.4 Å². The number of fused-ring (bicyclic) bond motifs is 1. The molecule has 0 aliphatic rings. The van der Waals surface area contributed by atoms with Crippen LogP contribution in [0.15, 0.2) is 53.3 Å². The maximum absolute atomic E-state index is 13.2. The number of hydrogen-bond acceptors (Lipinski definition) is 5. The summed E-state index contributed by atoms with van der Waals surface area (Å²) in [5.74, 6) is 0.369. The molecular formula is C25H27N5O3. The zero-order valence-electron chi connectivity index (χ0n) is 19.3. The molecule has 0 spiro atoms. The largest absolute Gasteiger partial charge is 0.495 e. The van der Waals surface area contributed by atoms with E-state index < -0.39 is 0 Å². The molecule has 0 aliphatic carbocycles. The number of anilines is 1. The summed E-state index contributed by atoms with van der Waals surface area (Å²) in [7, 11) is 1.55. The second kappa shape index (κ2) is 9.28. The minimum Gasteiger partial charge on any atom is -0.495 e. The molecule has 170 valence electrons. The van der Waals surface area contributed by atoms with Crippen molar-refractivity contribution in [1.82, 2.24) is 19.3 Å². The molecule has 4 rings (SSSR count). The fourth-order valence-electron chi connectivity index (χ4n) is 3.83. The van der Waals surface area contributed by atoms with Crippen LogP contribution in [0.3, 0.4) is 0 Å². The summed E-state index contributed by atoms with van der Waals surface area (Å²) in [6.45, 7) is 6.29. The van der Waals surface area contributed by atoms with E-state index in [0.29, 0.717) is 34.8 Å². The van der Waals surface area contributed by atoms with Gasteiger partial charge in [0.2, 0.25) is 5.91 Å². The van der Waals surface area contributed by atoms with Gasteiger partial charge in [-0.2, -0.15) is 5.10 Å². The molecule has 2 aromatic carbocycles. The first-order valence-electron chi connectivity index (χ1n) is 10.9. The SMILES string of the molecule is CCn1c(=O)c(CCC(=O)Nc2ccccc2OC)nc2c(C)nn(-c3ccc(C)cc3)c21. The summed E-state index contributed by atoms with van der Waals surface area (Å²) in [6, 6.07) is 15.2. The van der Waals surface area contributed by atoms with Crippen LogP contribution < -0.4 is 15.6 Å². The highest BCUT2D eigenvalue weighted by Crippen LogP contribution is 2.23. The van der Waals surface area contributed by atoms with Gasteiger partial charge in [0.25, 0.3) is 5.56 Å². The van der Waals surface area contributed by atoms with Crippen LogP contribution in [0, 0.1) is 13.8 Å². The maximum Gasteiger partial charge on any atom is 0.273 e. The van der Waals surface area contributed by atoms with E-state index in [0.717, 1.165) is 16.9 Å². The fourth-order valence-corrected chi connectivity index (χ4v) is 3.83. The first-order chi connectivity index (χ1) is 15.9. The number of methoxy groups -OCH3 is 1. The fraction of sp³-hybridized carbons (Fsp3) is 0.280.